The molecule has 0 aliphatic rings. The van der Waals surface area contributed by atoms with Crippen LogP contribution in [0.25, 0.3) is 0 Å². The molecule has 0 saturated carbocycles. The van der Waals surface area contributed by atoms with E-state index >= 15 is 0 Å². The van der Waals surface area contributed by atoms with Crippen molar-refractivity contribution in [2.75, 3.05) is 13.2 Å². The van der Waals surface area contributed by atoms with Gasteiger partial charge in [-0.05, 0) is 31.1 Å². The Balaban J connectivity index is 4.34. The van der Waals surface area contributed by atoms with Crippen LogP contribution < -0.4 is 0 Å². The summed E-state index contributed by atoms with van der Waals surface area (Å²) >= 11 is 0. The fraction of sp³-hybridized carbons (Fsp3) is 0.936. The number of rotatable bonds is 41. The predicted octanol–water partition coefficient (Wildman–Crippen LogP) is 14.6. The van der Waals surface area contributed by atoms with Gasteiger partial charge in [0.15, 0.2) is 6.10 Å². The van der Waals surface area contributed by atoms with Crippen LogP contribution in [0.5, 0.6) is 0 Å². The van der Waals surface area contributed by atoms with Crippen LogP contribution in [0.4, 0.5) is 0 Å². The Morgan fingerprint density at radius 1 is 0.396 bits per heavy atom. The van der Waals surface area contributed by atoms with Gasteiger partial charge in [-0.1, -0.05) is 214 Å². The van der Waals surface area contributed by atoms with Gasteiger partial charge in [0.2, 0.25) is 0 Å². The van der Waals surface area contributed by atoms with Crippen molar-refractivity contribution in [1.82, 2.24) is 0 Å². The predicted molar refractivity (Wildman–Crippen MR) is 224 cm³/mol. The Morgan fingerprint density at radius 2 is 0.717 bits per heavy atom. The molecule has 0 saturated heterocycles. The van der Waals surface area contributed by atoms with E-state index in [9.17, 15) is 14.4 Å². The lowest BCUT2D eigenvalue weighted by Crippen LogP contribution is -2.30. The van der Waals surface area contributed by atoms with Crippen LogP contribution in [0, 0.1) is 11.8 Å². The second-order valence-electron chi connectivity index (χ2n) is 16.8. The van der Waals surface area contributed by atoms with Crippen molar-refractivity contribution in [2.45, 2.75) is 259 Å². The third kappa shape index (κ3) is 39.9. The van der Waals surface area contributed by atoms with Gasteiger partial charge in [0.05, 0.1) is 0 Å². The Labute approximate surface area is 329 Å². The normalized spacial score (nSPS) is 12.6. The van der Waals surface area contributed by atoms with Gasteiger partial charge in [0.1, 0.15) is 13.2 Å². The highest BCUT2D eigenvalue weighted by atomic mass is 16.6. The average Bonchev–Trinajstić information content (AvgIpc) is 3.14. The molecule has 0 bridgehead atoms. The molecule has 0 spiro atoms. The van der Waals surface area contributed by atoms with Crippen LogP contribution >= 0.6 is 0 Å². The zero-order valence-corrected chi connectivity index (χ0v) is 36.1. The molecule has 0 heterocycles. The van der Waals surface area contributed by atoms with Crippen molar-refractivity contribution in [3.05, 3.63) is 0 Å². The molecule has 6 heteroatoms. The van der Waals surface area contributed by atoms with Gasteiger partial charge >= 0.3 is 17.9 Å². The summed E-state index contributed by atoms with van der Waals surface area (Å²) in [6.07, 6.45) is 37.9. The van der Waals surface area contributed by atoms with Crippen molar-refractivity contribution in [3.63, 3.8) is 0 Å². The largest absolute Gasteiger partial charge is 0.462 e. The van der Waals surface area contributed by atoms with E-state index in [1.807, 2.05) is 0 Å². The molecule has 53 heavy (non-hydrogen) atoms. The first kappa shape index (κ1) is 51.4. The molecule has 0 amide bonds. The topological polar surface area (TPSA) is 78.9 Å². The van der Waals surface area contributed by atoms with Gasteiger partial charge < -0.3 is 14.2 Å². The minimum Gasteiger partial charge on any atom is -0.462 e. The van der Waals surface area contributed by atoms with Gasteiger partial charge in [0.25, 0.3) is 0 Å². The van der Waals surface area contributed by atoms with Crippen LogP contribution in [0.3, 0.4) is 0 Å². The lowest BCUT2D eigenvalue weighted by atomic mass is 9.99. The maximum absolute atomic E-state index is 12.7. The highest BCUT2D eigenvalue weighted by Gasteiger charge is 2.19. The summed E-state index contributed by atoms with van der Waals surface area (Å²) in [6, 6.07) is 0. The molecule has 1 unspecified atom stereocenters. The average molecular weight is 751 g/mol. The lowest BCUT2D eigenvalue weighted by molar-refractivity contribution is -0.167. The van der Waals surface area contributed by atoms with E-state index in [0.717, 1.165) is 69.6 Å². The first-order valence-corrected chi connectivity index (χ1v) is 23.3. The van der Waals surface area contributed by atoms with Crippen LogP contribution in [-0.2, 0) is 28.6 Å². The zero-order chi connectivity index (χ0) is 39.0. The molecule has 0 rings (SSSR count). The van der Waals surface area contributed by atoms with Crippen LogP contribution in [0.15, 0.2) is 0 Å². The van der Waals surface area contributed by atoms with Crippen molar-refractivity contribution in [1.29, 1.82) is 0 Å². The van der Waals surface area contributed by atoms with E-state index in [4.69, 9.17) is 14.2 Å². The summed E-state index contributed by atoms with van der Waals surface area (Å²) in [4.78, 5) is 37.7. The third-order valence-corrected chi connectivity index (χ3v) is 10.8. The van der Waals surface area contributed by atoms with E-state index in [-0.39, 0.29) is 31.1 Å². The lowest BCUT2D eigenvalue weighted by Gasteiger charge is -2.18. The summed E-state index contributed by atoms with van der Waals surface area (Å²) in [7, 11) is 0. The molecular weight excluding hydrogens is 661 g/mol. The molecule has 314 valence electrons. The number of ether oxygens (including phenoxy) is 3. The van der Waals surface area contributed by atoms with Crippen molar-refractivity contribution < 1.29 is 28.6 Å². The molecule has 0 aromatic rings. The maximum Gasteiger partial charge on any atom is 0.306 e. The Hall–Kier alpha value is -1.59. The van der Waals surface area contributed by atoms with Crippen LogP contribution in [0.2, 0.25) is 0 Å². The van der Waals surface area contributed by atoms with Gasteiger partial charge in [-0.15, -0.1) is 0 Å². The molecular formula is C47H90O6. The molecule has 0 radical (unpaired) electrons. The van der Waals surface area contributed by atoms with Gasteiger partial charge in [-0.3, -0.25) is 14.4 Å². The number of carbonyl (C=O) groups is 3. The summed E-state index contributed by atoms with van der Waals surface area (Å²) in [5.41, 5.74) is 0. The van der Waals surface area contributed by atoms with Crippen LogP contribution in [-0.4, -0.2) is 37.2 Å². The molecule has 0 aliphatic carbocycles. The van der Waals surface area contributed by atoms with Crippen molar-refractivity contribution >= 4 is 17.9 Å². The summed E-state index contributed by atoms with van der Waals surface area (Å²) in [5.74, 6) is 0.805. The number of esters is 3. The number of unbranched alkanes of at least 4 members (excludes halogenated alkanes) is 25. The molecule has 0 aromatic heterocycles. The number of hydrogen-bond donors (Lipinski definition) is 0. The monoisotopic (exact) mass is 751 g/mol. The minimum absolute atomic E-state index is 0.0651. The zero-order valence-electron chi connectivity index (χ0n) is 36.1. The molecule has 2 atom stereocenters. The second kappa shape index (κ2) is 40.1. The second-order valence-corrected chi connectivity index (χ2v) is 16.8. The number of hydrogen-bond acceptors (Lipinski definition) is 6. The van der Waals surface area contributed by atoms with Crippen molar-refractivity contribution in [2.24, 2.45) is 11.8 Å². The van der Waals surface area contributed by atoms with Crippen molar-refractivity contribution in [3.8, 4) is 0 Å². The van der Waals surface area contributed by atoms with Gasteiger partial charge in [-0.25, -0.2) is 0 Å². The minimum atomic E-state index is -0.760. The van der Waals surface area contributed by atoms with Gasteiger partial charge in [-0.2, -0.15) is 0 Å². The molecule has 0 aromatic carbocycles. The molecule has 0 fully saturated rings. The Morgan fingerprint density at radius 3 is 1.08 bits per heavy atom. The highest BCUT2D eigenvalue weighted by molar-refractivity contribution is 5.71. The van der Waals surface area contributed by atoms with E-state index in [1.165, 1.54) is 141 Å². The van der Waals surface area contributed by atoms with E-state index in [0.29, 0.717) is 19.3 Å². The van der Waals surface area contributed by atoms with E-state index in [1.54, 1.807) is 0 Å². The van der Waals surface area contributed by atoms with E-state index < -0.39 is 6.10 Å². The summed E-state index contributed by atoms with van der Waals surface area (Å²) in [5, 5.41) is 0. The number of carbonyl (C=O) groups excluding carboxylic acids is 3. The highest BCUT2D eigenvalue weighted by Crippen LogP contribution is 2.17. The SMILES string of the molecule is CCCCCCCCCCCCC(=O)OC[C@H](COC(=O)CCCCCCCCCCCCC(C)C)OC(=O)CCCCCCCCCCC(C)CC. The Bertz CT molecular complexity index is 811. The van der Waals surface area contributed by atoms with E-state index in [2.05, 4.69) is 34.6 Å². The van der Waals surface area contributed by atoms with Gasteiger partial charge in [0, 0.05) is 19.3 Å². The Kier molecular flexibility index (Phi) is 38.9. The smallest absolute Gasteiger partial charge is 0.306 e. The molecule has 0 aliphatic heterocycles. The standard InChI is InChI=1S/C47H90O6/c1-6-8-9-10-11-12-16-22-27-32-37-45(48)51-40-44(53-47(50)39-34-29-24-19-18-21-26-31-36-43(5)7-2)41-52-46(49)38-33-28-23-17-14-13-15-20-25-30-35-42(3)4/h42-44H,6-41H2,1-5H3/t43?,44-/m1/s1. The first-order chi connectivity index (χ1) is 25.8. The maximum atomic E-state index is 12.7. The summed E-state index contributed by atoms with van der Waals surface area (Å²) < 4.78 is 16.7. The molecule has 6 nitrogen and oxygen atoms in total. The van der Waals surface area contributed by atoms with Crippen LogP contribution in [0.1, 0.15) is 253 Å². The fourth-order valence-corrected chi connectivity index (χ4v) is 6.90. The quantitative estimate of drug-likeness (QED) is 0.0352. The fourth-order valence-electron chi connectivity index (χ4n) is 6.90. The summed E-state index contributed by atoms with van der Waals surface area (Å²) in [6.45, 7) is 11.3. The molecule has 0 N–H and O–H groups in total. The first-order valence-electron chi connectivity index (χ1n) is 23.3. The third-order valence-electron chi connectivity index (χ3n) is 10.8.